The Hall–Kier alpha value is -1.02. The van der Waals surface area contributed by atoms with E-state index in [1.165, 1.54) is 31.2 Å². The van der Waals surface area contributed by atoms with Crippen molar-refractivity contribution in [3.8, 4) is 5.75 Å². The first-order valence-electron chi connectivity index (χ1n) is 6.77. The van der Waals surface area contributed by atoms with Crippen LogP contribution < -0.4 is 10.1 Å². The zero-order chi connectivity index (χ0) is 11.7. The highest BCUT2D eigenvalue weighted by Gasteiger charge is 2.31. The molecule has 1 saturated carbocycles. The molecule has 2 heteroatoms. The van der Waals surface area contributed by atoms with Crippen LogP contribution in [0.4, 0.5) is 0 Å². The van der Waals surface area contributed by atoms with E-state index in [0.29, 0.717) is 12.0 Å². The topological polar surface area (TPSA) is 21.3 Å². The van der Waals surface area contributed by atoms with Gasteiger partial charge in [0.05, 0.1) is 6.61 Å². The molecule has 0 amide bonds. The maximum absolute atomic E-state index is 5.78. The molecule has 1 aliphatic carbocycles. The lowest BCUT2D eigenvalue weighted by molar-refractivity contribution is 0.294. The average Bonchev–Trinajstić information content (AvgIpc) is 3.10. The summed E-state index contributed by atoms with van der Waals surface area (Å²) in [5.41, 5.74) is 1.39. The number of ether oxygens (including phenoxy) is 1. The molecule has 2 atom stereocenters. The van der Waals surface area contributed by atoms with Crippen LogP contribution in [0.3, 0.4) is 0 Å². The third-order valence-electron chi connectivity index (χ3n) is 4.18. The molecular formula is C15H21NO. The minimum absolute atomic E-state index is 0.537. The van der Waals surface area contributed by atoms with Crippen LogP contribution in [0.1, 0.15) is 37.2 Å². The Morgan fingerprint density at radius 1 is 1.35 bits per heavy atom. The summed E-state index contributed by atoms with van der Waals surface area (Å²) in [7, 11) is 2.08. The van der Waals surface area contributed by atoms with E-state index in [2.05, 4.69) is 36.6 Å². The van der Waals surface area contributed by atoms with Crippen molar-refractivity contribution >= 4 is 0 Å². The lowest BCUT2D eigenvalue weighted by atomic mass is 9.90. The molecule has 1 heterocycles. The van der Waals surface area contributed by atoms with E-state index in [1.54, 1.807) is 0 Å². The molecule has 1 aromatic carbocycles. The highest BCUT2D eigenvalue weighted by Crippen LogP contribution is 2.39. The lowest BCUT2D eigenvalue weighted by Gasteiger charge is -2.22. The number of para-hydroxylation sites is 1. The second-order valence-corrected chi connectivity index (χ2v) is 5.37. The number of nitrogens with one attached hydrogen (secondary N) is 1. The highest BCUT2D eigenvalue weighted by molar-refractivity contribution is 5.40. The molecule has 1 aromatic rings. The Balaban J connectivity index is 1.69. The Labute approximate surface area is 103 Å². The summed E-state index contributed by atoms with van der Waals surface area (Å²) in [5.74, 6) is 2.64. The number of likely N-dealkylation sites (N-methyl/N-ethyl adjacent to an activating group) is 1. The van der Waals surface area contributed by atoms with E-state index >= 15 is 0 Å². The third-order valence-corrected chi connectivity index (χ3v) is 4.18. The summed E-state index contributed by atoms with van der Waals surface area (Å²) in [6.45, 7) is 0.843. The van der Waals surface area contributed by atoms with Gasteiger partial charge in [0.2, 0.25) is 0 Å². The van der Waals surface area contributed by atoms with Gasteiger partial charge in [0.15, 0.2) is 0 Å². The number of hydrogen-bond donors (Lipinski definition) is 1. The van der Waals surface area contributed by atoms with E-state index in [0.717, 1.165) is 18.3 Å². The van der Waals surface area contributed by atoms with Gasteiger partial charge in [0.25, 0.3) is 0 Å². The lowest BCUT2D eigenvalue weighted by Crippen LogP contribution is -2.33. The van der Waals surface area contributed by atoms with Gasteiger partial charge in [-0.3, -0.25) is 0 Å². The fourth-order valence-corrected chi connectivity index (χ4v) is 2.89. The highest BCUT2D eigenvalue weighted by atomic mass is 16.5. The Bertz CT molecular complexity index is 386. The zero-order valence-corrected chi connectivity index (χ0v) is 10.5. The van der Waals surface area contributed by atoms with Crippen LogP contribution in [0.2, 0.25) is 0 Å². The normalized spacial score (nSPS) is 24.2. The Morgan fingerprint density at radius 3 is 2.94 bits per heavy atom. The van der Waals surface area contributed by atoms with Crippen molar-refractivity contribution in [3.05, 3.63) is 29.8 Å². The van der Waals surface area contributed by atoms with Gasteiger partial charge in [-0.2, -0.15) is 0 Å². The fourth-order valence-electron chi connectivity index (χ4n) is 2.89. The second-order valence-electron chi connectivity index (χ2n) is 5.37. The summed E-state index contributed by atoms with van der Waals surface area (Å²) in [6, 6.07) is 9.05. The Morgan fingerprint density at radius 2 is 2.18 bits per heavy atom. The maximum atomic E-state index is 5.78. The van der Waals surface area contributed by atoms with Crippen molar-refractivity contribution in [3.63, 3.8) is 0 Å². The van der Waals surface area contributed by atoms with Gasteiger partial charge in [-0.15, -0.1) is 0 Å². The summed E-state index contributed by atoms with van der Waals surface area (Å²) >= 11 is 0. The molecule has 1 N–H and O–H groups in total. The van der Waals surface area contributed by atoms with Gasteiger partial charge >= 0.3 is 0 Å². The first kappa shape index (κ1) is 11.1. The molecule has 2 unspecified atom stereocenters. The van der Waals surface area contributed by atoms with Gasteiger partial charge in [0, 0.05) is 17.5 Å². The predicted octanol–water partition coefficient (Wildman–Crippen LogP) is 2.94. The van der Waals surface area contributed by atoms with Crippen molar-refractivity contribution < 1.29 is 4.74 Å². The first-order chi connectivity index (χ1) is 8.38. The molecule has 0 radical (unpaired) electrons. The van der Waals surface area contributed by atoms with Gasteiger partial charge in [0.1, 0.15) is 5.75 Å². The molecule has 0 aromatic heterocycles. The van der Waals surface area contributed by atoms with E-state index in [4.69, 9.17) is 4.74 Å². The molecule has 0 saturated heterocycles. The van der Waals surface area contributed by atoms with Crippen LogP contribution in [-0.4, -0.2) is 19.7 Å². The van der Waals surface area contributed by atoms with Crippen LogP contribution in [0.25, 0.3) is 0 Å². The predicted molar refractivity (Wildman–Crippen MR) is 69.5 cm³/mol. The van der Waals surface area contributed by atoms with Crippen LogP contribution in [0, 0.1) is 5.92 Å². The molecule has 1 fully saturated rings. The van der Waals surface area contributed by atoms with Crippen molar-refractivity contribution in [2.75, 3.05) is 13.7 Å². The molecule has 2 nitrogen and oxygen atoms in total. The SMILES string of the molecule is CNC(CCC1CC1)C1COc2ccccc21. The van der Waals surface area contributed by atoms with Crippen LogP contribution in [-0.2, 0) is 0 Å². The number of fused-ring (bicyclic) bond motifs is 1. The average molecular weight is 231 g/mol. The summed E-state index contributed by atoms with van der Waals surface area (Å²) in [5, 5.41) is 3.49. The van der Waals surface area contributed by atoms with Crippen molar-refractivity contribution in [1.29, 1.82) is 0 Å². The van der Waals surface area contributed by atoms with Gasteiger partial charge in [-0.1, -0.05) is 31.0 Å². The monoisotopic (exact) mass is 231 g/mol. The largest absolute Gasteiger partial charge is 0.493 e. The molecule has 92 valence electrons. The molecule has 2 aliphatic rings. The van der Waals surface area contributed by atoms with Crippen molar-refractivity contribution in [1.82, 2.24) is 5.32 Å². The Kier molecular flexibility index (Phi) is 3.06. The molecule has 17 heavy (non-hydrogen) atoms. The summed E-state index contributed by atoms with van der Waals surface area (Å²) < 4.78 is 5.78. The summed E-state index contributed by atoms with van der Waals surface area (Å²) in [4.78, 5) is 0. The molecule has 1 aliphatic heterocycles. The first-order valence-corrected chi connectivity index (χ1v) is 6.77. The minimum Gasteiger partial charge on any atom is -0.493 e. The summed E-state index contributed by atoms with van der Waals surface area (Å²) in [6.07, 6.45) is 5.57. The fraction of sp³-hybridized carbons (Fsp3) is 0.600. The van der Waals surface area contributed by atoms with Gasteiger partial charge < -0.3 is 10.1 Å². The quantitative estimate of drug-likeness (QED) is 0.841. The van der Waals surface area contributed by atoms with E-state index < -0.39 is 0 Å². The van der Waals surface area contributed by atoms with Crippen LogP contribution >= 0.6 is 0 Å². The van der Waals surface area contributed by atoms with Crippen LogP contribution in [0.5, 0.6) is 5.75 Å². The minimum atomic E-state index is 0.537. The molecular weight excluding hydrogens is 210 g/mol. The van der Waals surface area contributed by atoms with Crippen molar-refractivity contribution in [2.24, 2.45) is 5.92 Å². The smallest absolute Gasteiger partial charge is 0.122 e. The van der Waals surface area contributed by atoms with Gasteiger partial charge in [-0.25, -0.2) is 0 Å². The molecule has 0 bridgehead atoms. The number of hydrogen-bond acceptors (Lipinski definition) is 2. The zero-order valence-electron chi connectivity index (χ0n) is 10.5. The van der Waals surface area contributed by atoms with E-state index in [1.807, 2.05) is 0 Å². The number of benzene rings is 1. The van der Waals surface area contributed by atoms with E-state index in [-0.39, 0.29) is 0 Å². The third kappa shape index (κ3) is 2.32. The standard InChI is InChI=1S/C15H21NO/c1-16-14(9-8-11-6-7-11)13-10-17-15-5-3-2-4-12(13)15/h2-5,11,13-14,16H,6-10H2,1H3. The molecule has 3 rings (SSSR count). The number of rotatable bonds is 5. The van der Waals surface area contributed by atoms with Gasteiger partial charge in [-0.05, 0) is 31.9 Å². The maximum Gasteiger partial charge on any atom is 0.122 e. The second kappa shape index (κ2) is 4.69. The van der Waals surface area contributed by atoms with Crippen LogP contribution in [0.15, 0.2) is 24.3 Å². The molecule has 0 spiro atoms. The van der Waals surface area contributed by atoms with E-state index in [9.17, 15) is 0 Å². The van der Waals surface area contributed by atoms with Crippen molar-refractivity contribution in [2.45, 2.75) is 37.6 Å².